The average molecular weight is 591 g/mol. The molecule has 4 aliphatic rings. The van der Waals surface area contributed by atoms with Crippen molar-refractivity contribution in [1.29, 1.82) is 0 Å². The first-order chi connectivity index (χ1) is 20.6. The van der Waals surface area contributed by atoms with Gasteiger partial charge in [-0.25, -0.2) is 0 Å². The number of carbonyl (C=O) groups is 5. The van der Waals surface area contributed by atoms with Crippen LogP contribution in [0.15, 0.2) is 47.7 Å². The van der Waals surface area contributed by atoms with E-state index in [-0.39, 0.29) is 48.6 Å². The molecule has 2 aromatic rings. The molecule has 4 N–H and O–H groups in total. The molecule has 0 aliphatic heterocycles. The van der Waals surface area contributed by atoms with Crippen molar-refractivity contribution in [2.24, 2.45) is 17.8 Å². The highest BCUT2D eigenvalue weighted by atomic mass is 16.2. The van der Waals surface area contributed by atoms with Gasteiger partial charge in [0.2, 0.25) is 17.6 Å². The molecule has 4 bridgehead atoms. The fourth-order valence-corrected chi connectivity index (χ4v) is 7.39. The molecular weight excluding hydrogens is 552 g/mol. The number of anilines is 1. The maximum atomic E-state index is 13.3. The third kappa shape index (κ3) is 7.18. The van der Waals surface area contributed by atoms with Crippen LogP contribution in [-0.4, -0.2) is 57.1 Å². The monoisotopic (exact) mass is 590 g/mol. The molecule has 0 spiro atoms. The number of aromatic nitrogens is 2. The molecule has 0 saturated heterocycles. The highest BCUT2D eigenvalue weighted by Crippen LogP contribution is 2.55. The van der Waals surface area contributed by atoms with E-state index in [1.54, 1.807) is 19.1 Å². The minimum absolute atomic E-state index is 0.0780. The number of ketones is 1. The van der Waals surface area contributed by atoms with Crippen molar-refractivity contribution in [1.82, 2.24) is 25.5 Å². The zero-order valence-corrected chi connectivity index (χ0v) is 24.3. The Hall–Kier alpha value is -4.35. The predicted molar refractivity (Wildman–Crippen MR) is 157 cm³/mol. The van der Waals surface area contributed by atoms with Crippen LogP contribution in [0.5, 0.6) is 0 Å². The zero-order chi connectivity index (χ0) is 30.6. The van der Waals surface area contributed by atoms with E-state index in [0.29, 0.717) is 17.8 Å². The van der Waals surface area contributed by atoms with Gasteiger partial charge in [0, 0.05) is 37.1 Å². The average Bonchev–Trinajstić information content (AvgIpc) is 2.96. The third-order valence-corrected chi connectivity index (χ3v) is 8.83. The van der Waals surface area contributed by atoms with Crippen molar-refractivity contribution >= 4 is 35.1 Å². The Morgan fingerprint density at radius 3 is 2.35 bits per heavy atom. The quantitative estimate of drug-likeness (QED) is 0.272. The second kappa shape index (κ2) is 12.9. The molecule has 2 heterocycles. The largest absolute Gasteiger partial charge is 0.350 e. The van der Waals surface area contributed by atoms with Crippen LogP contribution in [0.4, 0.5) is 5.69 Å². The summed E-state index contributed by atoms with van der Waals surface area (Å²) < 4.78 is 1.24. The summed E-state index contributed by atoms with van der Waals surface area (Å²) in [7, 11) is 0. The van der Waals surface area contributed by atoms with Gasteiger partial charge in [0.25, 0.3) is 17.4 Å². The van der Waals surface area contributed by atoms with Crippen LogP contribution in [0.3, 0.4) is 0 Å². The molecule has 2 aromatic heterocycles. The van der Waals surface area contributed by atoms with E-state index in [2.05, 4.69) is 26.3 Å². The molecule has 43 heavy (non-hydrogen) atoms. The Morgan fingerprint density at radius 1 is 1.02 bits per heavy atom. The smallest absolute Gasteiger partial charge is 0.287 e. The summed E-state index contributed by atoms with van der Waals surface area (Å²) in [5.41, 5.74) is -0.646. The molecule has 4 saturated carbocycles. The summed E-state index contributed by atoms with van der Waals surface area (Å²) in [4.78, 5) is 80.5. The SMILES string of the molecule is CCNC(=O)C(=O)CCC(NC(=O)c1cccnc1)C(=O)Nc1cccn(CC(=O)NC23CC4CC(CC(C4)C2)C3)c1=O. The van der Waals surface area contributed by atoms with E-state index >= 15 is 0 Å². The van der Waals surface area contributed by atoms with Gasteiger partial charge in [-0.15, -0.1) is 0 Å². The number of hydrogen-bond donors (Lipinski definition) is 4. The van der Waals surface area contributed by atoms with Crippen molar-refractivity contribution in [3.63, 3.8) is 0 Å². The van der Waals surface area contributed by atoms with Crippen molar-refractivity contribution in [3.05, 3.63) is 58.8 Å². The molecule has 0 radical (unpaired) electrons. The van der Waals surface area contributed by atoms with Crippen molar-refractivity contribution in [2.75, 3.05) is 11.9 Å². The molecule has 1 unspecified atom stereocenters. The Labute approximate surface area is 249 Å². The van der Waals surface area contributed by atoms with Gasteiger partial charge in [-0.2, -0.15) is 0 Å². The molecule has 228 valence electrons. The van der Waals surface area contributed by atoms with Crippen LogP contribution in [-0.2, 0) is 25.7 Å². The topological polar surface area (TPSA) is 168 Å². The lowest BCUT2D eigenvalue weighted by molar-refractivity contribution is -0.138. The van der Waals surface area contributed by atoms with E-state index in [1.807, 2.05) is 0 Å². The summed E-state index contributed by atoms with van der Waals surface area (Å²) in [5.74, 6) is -1.11. The van der Waals surface area contributed by atoms with Crippen LogP contribution < -0.4 is 26.8 Å². The molecule has 12 heteroatoms. The van der Waals surface area contributed by atoms with Crippen LogP contribution in [0, 0.1) is 17.8 Å². The first kappa shape index (κ1) is 30.1. The zero-order valence-electron chi connectivity index (χ0n) is 24.3. The fraction of sp³-hybridized carbons (Fsp3) is 0.516. The van der Waals surface area contributed by atoms with Crippen LogP contribution in [0.2, 0.25) is 0 Å². The summed E-state index contributed by atoms with van der Waals surface area (Å²) in [5, 5.41) is 10.8. The van der Waals surface area contributed by atoms with Gasteiger partial charge in [0.15, 0.2) is 0 Å². The third-order valence-electron chi connectivity index (χ3n) is 8.83. The Morgan fingerprint density at radius 2 is 1.72 bits per heavy atom. The molecule has 12 nitrogen and oxygen atoms in total. The summed E-state index contributed by atoms with van der Waals surface area (Å²) in [6, 6.07) is 4.80. The van der Waals surface area contributed by atoms with Gasteiger partial charge in [0.05, 0.1) is 5.56 Å². The van der Waals surface area contributed by atoms with Crippen LogP contribution in [0.1, 0.15) is 68.6 Å². The van der Waals surface area contributed by atoms with E-state index < -0.39 is 35.1 Å². The lowest BCUT2D eigenvalue weighted by Gasteiger charge is -2.56. The number of Topliss-reactive ketones (excluding diaryl/α,β-unsaturated/α-hetero) is 1. The van der Waals surface area contributed by atoms with Gasteiger partial charge >= 0.3 is 0 Å². The van der Waals surface area contributed by atoms with E-state index in [0.717, 1.165) is 19.3 Å². The molecule has 0 aromatic carbocycles. The maximum absolute atomic E-state index is 13.3. The van der Waals surface area contributed by atoms with E-state index in [9.17, 15) is 28.8 Å². The normalized spacial score (nSPS) is 24.1. The highest BCUT2D eigenvalue weighted by molar-refractivity contribution is 6.36. The van der Waals surface area contributed by atoms with Gasteiger partial charge < -0.3 is 25.8 Å². The van der Waals surface area contributed by atoms with Gasteiger partial charge in [-0.1, -0.05) is 0 Å². The van der Waals surface area contributed by atoms with Gasteiger partial charge in [-0.05, 0) is 93.9 Å². The van der Waals surface area contributed by atoms with Crippen molar-refractivity contribution in [2.45, 2.75) is 76.4 Å². The number of nitrogens with zero attached hydrogens (tertiary/aromatic N) is 2. The first-order valence-electron chi connectivity index (χ1n) is 15.0. The first-order valence-corrected chi connectivity index (χ1v) is 15.0. The molecule has 4 amide bonds. The number of hydrogen-bond acceptors (Lipinski definition) is 7. The number of carbonyl (C=O) groups excluding carboxylic acids is 5. The standard InChI is InChI=1S/C31H38N6O6/c1-2-33-29(42)25(38)8-7-23(34-27(40)22-5-3-9-32-17-22)28(41)35-24-6-4-10-37(30(24)43)18-26(39)36-31-14-19-11-20(15-31)13-21(12-19)16-31/h3-6,9-10,17,19-21,23H,2,7-8,11-16,18H2,1H3,(H,33,42)(H,34,40)(H,35,41)(H,36,39). The number of amides is 4. The summed E-state index contributed by atoms with van der Waals surface area (Å²) in [6.07, 6.45) is 10.6. The number of likely N-dealkylation sites (N-methyl/N-ethyl adjacent to an activating group) is 1. The fourth-order valence-electron chi connectivity index (χ4n) is 7.39. The van der Waals surface area contributed by atoms with Gasteiger partial charge in [-0.3, -0.25) is 33.8 Å². The molecule has 6 rings (SSSR count). The number of rotatable bonds is 12. The van der Waals surface area contributed by atoms with Crippen LogP contribution >= 0.6 is 0 Å². The van der Waals surface area contributed by atoms with Crippen LogP contribution in [0.25, 0.3) is 0 Å². The van der Waals surface area contributed by atoms with E-state index in [1.165, 1.54) is 54.6 Å². The summed E-state index contributed by atoms with van der Waals surface area (Å²) in [6.45, 7) is 1.76. The molecule has 4 aliphatic carbocycles. The van der Waals surface area contributed by atoms with E-state index in [4.69, 9.17) is 0 Å². The number of nitrogens with one attached hydrogen (secondary N) is 4. The Bertz CT molecular complexity index is 1420. The maximum Gasteiger partial charge on any atom is 0.287 e. The second-order valence-corrected chi connectivity index (χ2v) is 12.2. The lowest BCUT2D eigenvalue weighted by Crippen LogP contribution is -2.60. The van der Waals surface area contributed by atoms with Crippen molar-refractivity contribution < 1.29 is 24.0 Å². The second-order valence-electron chi connectivity index (χ2n) is 12.2. The Balaban J connectivity index is 1.25. The minimum atomic E-state index is -1.24. The highest BCUT2D eigenvalue weighted by Gasteiger charge is 2.51. The number of pyridine rings is 2. The van der Waals surface area contributed by atoms with Gasteiger partial charge in [0.1, 0.15) is 18.3 Å². The lowest BCUT2D eigenvalue weighted by atomic mass is 9.53. The molecular formula is C31H38N6O6. The Kier molecular flexibility index (Phi) is 9.02. The van der Waals surface area contributed by atoms with Crippen molar-refractivity contribution in [3.8, 4) is 0 Å². The minimum Gasteiger partial charge on any atom is -0.350 e. The molecule has 1 atom stereocenters. The summed E-state index contributed by atoms with van der Waals surface area (Å²) >= 11 is 0. The molecule has 4 fully saturated rings. The predicted octanol–water partition coefficient (Wildman–Crippen LogP) is 1.55.